The van der Waals surface area contributed by atoms with Crippen LogP contribution >= 0.6 is 0 Å². The molecule has 2 aromatic rings. The number of pyridine rings is 1. The molecule has 1 saturated heterocycles. The molecule has 0 saturated carbocycles. The lowest BCUT2D eigenvalue weighted by Gasteiger charge is -2.31. The Bertz CT molecular complexity index is 788. The zero-order chi connectivity index (χ0) is 19.9. The lowest BCUT2D eigenvalue weighted by Crippen LogP contribution is -2.40. The first kappa shape index (κ1) is 20.7. The van der Waals surface area contributed by atoms with Crippen molar-refractivity contribution in [2.24, 2.45) is 5.92 Å². The number of piperidine rings is 1. The van der Waals surface area contributed by atoms with Crippen LogP contribution in [0.15, 0.2) is 30.5 Å². The molecule has 3 rings (SSSR count). The monoisotopic (exact) mass is 387 g/mol. The van der Waals surface area contributed by atoms with Gasteiger partial charge in [-0.05, 0) is 70.0 Å². The highest BCUT2D eigenvalue weighted by Crippen LogP contribution is 2.24. The van der Waals surface area contributed by atoms with Crippen molar-refractivity contribution in [1.82, 2.24) is 15.2 Å². The minimum Gasteiger partial charge on any atom is -0.379 e. The fourth-order valence-corrected chi connectivity index (χ4v) is 3.67. The molecule has 0 bridgehead atoms. The second-order valence-corrected chi connectivity index (χ2v) is 7.72. The molecule has 0 radical (unpaired) electrons. The molecule has 0 unspecified atom stereocenters. The highest BCUT2D eigenvalue weighted by atomic mass is 19.1. The van der Waals surface area contributed by atoms with Gasteiger partial charge < -0.3 is 10.1 Å². The average Bonchev–Trinajstić information content (AvgIpc) is 2.70. The third-order valence-electron chi connectivity index (χ3n) is 5.22. The second-order valence-electron chi connectivity index (χ2n) is 7.72. The number of fused-ring (bicyclic) bond motifs is 1. The number of hydrogen-bond donors (Lipinski definition) is 1. The van der Waals surface area contributed by atoms with Crippen LogP contribution in [-0.4, -0.2) is 48.1 Å². The number of hydrogen-bond acceptors (Lipinski definition) is 4. The summed E-state index contributed by atoms with van der Waals surface area (Å²) >= 11 is 0. The van der Waals surface area contributed by atoms with E-state index in [2.05, 4.69) is 15.2 Å². The van der Waals surface area contributed by atoms with Crippen LogP contribution in [-0.2, 0) is 16.1 Å². The van der Waals surface area contributed by atoms with Gasteiger partial charge in [-0.3, -0.25) is 14.7 Å². The summed E-state index contributed by atoms with van der Waals surface area (Å²) in [6, 6.07) is 6.86. The van der Waals surface area contributed by atoms with E-state index in [1.54, 1.807) is 18.3 Å². The average molecular weight is 387 g/mol. The predicted molar refractivity (Wildman–Crippen MR) is 108 cm³/mol. The van der Waals surface area contributed by atoms with Gasteiger partial charge in [-0.15, -0.1) is 0 Å². The summed E-state index contributed by atoms with van der Waals surface area (Å²) < 4.78 is 19.5. The summed E-state index contributed by atoms with van der Waals surface area (Å²) in [5.74, 6) is -0.00975. The van der Waals surface area contributed by atoms with Gasteiger partial charge in [0.1, 0.15) is 5.82 Å². The highest BCUT2D eigenvalue weighted by Gasteiger charge is 2.25. The number of aromatic nitrogens is 1. The minimum atomic E-state index is -0.235. The Morgan fingerprint density at radius 1 is 1.32 bits per heavy atom. The van der Waals surface area contributed by atoms with E-state index in [-0.39, 0.29) is 23.7 Å². The van der Waals surface area contributed by atoms with Crippen molar-refractivity contribution in [3.63, 3.8) is 0 Å². The molecule has 1 N–H and O–H groups in total. The Morgan fingerprint density at radius 3 is 2.86 bits per heavy atom. The molecular weight excluding hydrogens is 357 g/mol. The van der Waals surface area contributed by atoms with Crippen molar-refractivity contribution >= 4 is 16.8 Å². The first-order chi connectivity index (χ1) is 13.5. The van der Waals surface area contributed by atoms with Gasteiger partial charge in [-0.25, -0.2) is 4.39 Å². The number of carbonyl (C=O) groups is 1. The van der Waals surface area contributed by atoms with Crippen LogP contribution < -0.4 is 5.32 Å². The van der Waals surface area contributed by atoms with Crippen molar-refractivity contribution in [1.29, 1.82) is 0 Å². The van der Waals surface area contributed by atoms with Gasteiger partial charge in [0.25, 0.3) is 0 Å². The molecule has 1 aromatic heterocycles. The molecule has 1 fully saturated rings. The van der Waals surface area contributed by atoms with Gasteiger partial charge in [0.15, 0.2) is 0 Å². The maximum absolute atomic E-state index is 14.0. The number of nitrogens with one attached hydrogen (secondary N) is 1. The number of nitrogens with zero attached hydrogens (tertiary/aromatic N) is 2. The van der Waals surface area contributed by atoms with E-state index in [1.165, 1.54) is 6.07 Å². The predicted octanol–water partition coefficient (Wildman–Crippen LogP) is 3.52. The number of carbonyl (C=O) groups excluding carboxylic acids is 1. The Balaban J connectivity index is 1.46. The van der Waals surface area contributed by atoms with Crippen molar-refractivity contribution in [2.45, 2.75) is 45.8 Å². The second kappa shape index (κ2) is 9.94. The smallest absolute Gasteiger partial charge is 0.223 e. The van der Waals surface area contributed by atoms with Gasteiger partial charge in [-0.2, -0.15) is 0 Å². The van der Waals surface area contributed by atoms with Crippen molar-refractivity contribution in [3.05, 3.63) is 41.8 Å². The number of amides is 1. The van der Waals surface area contributed by atoms with Crippen LogP contribution in [0.25, 0.3) is 10.9 Å². The molecule has 0 aliphatic carbocycles. The summed E-state index contributed by atoms with van der Waals surface area (Å²) in [4.78, 5) is 19.0. The quantitative estimate of drug-likeness (QED) is 0.704. The van der Waals surface area contributed by atoms with Crippen molar-refractivity contribution < 1.29 is 13.9 Å². The van der Waals surface area contributed by atoms with E-state index in [0.29, 0.717) is 18.5 Å². The van der Waals surface area contributed by atoms with Gasteiger partial charge in [0.2, 0.25) is 5.91 Å². The highest BCUT2D eigenvalue weighted by molar-refractivity contribution is 5.82. The Kier molecular flexibility index (Phi) is 7.34. The molecule has 0 spiro atoms. The van der Waals surface area contributed by atoms with Gasteiger partial charge in [0, 0.05) is 37.2 Å². The van der Waals surface area contributed by atoms with Crippen LogP contribution in [0.3, 0.4) is 0 Å². The van der Waals surface area contributed by atoms with Crippen LogP contribution in [0.5, 0.6) is 0 Å². The number of rotatable bonds is 8. The largest absolute Gasteiger partial charge is 0.379 e. The van der Waals surface area contributed by atoms with Gasteiger partial charge in [-0.1, -0.05) is 6.07 Å². The summed E-state index contributed by atoms with van der Waals surface area (Å²) in [7, 11) is 0. The van der Waals surface area contributed by atoms with E-state index in [4.69, 9.17) is 4.74 Å². The molecule has 1 aromatic carbocycles. The topological polar surface area (TPSA) is 54.5 Å². The van der Waals surface area contributed by atoms with Gasteiger partial charge in [0.05, 0.1) is 11.6 Å². The molecule has 5 nitrogen and oxygen atoms in total. The Morgan fingerprint density at radius 2 is 2.11 bits per heavy atom. The molecule has 1 amide bonds. The summed E-state index contributed by atoms with van der Waals surface area (Å²) in [5.41, 5.74) is 1.76. The third kappa shape index (κ3) is 5.49. The maximum Gasteiger partial charge on any atom is 0.223 e. The molecular formula is C22H30FN3O2. The lowest BCUT2D eigenvalue weighted by atomic mass is 9.95. The normalized spacial score (nSPS) is 16.0. The van der Waals surface area contributed by atoms with E-state index in [9.17, 15) is 9.18 Å². The zero-order valence-corrected chi connectivity index (χ0v) is 16.8. The Labute approximate surface area is 166 Å². The minimum absolute atomic E-state index is 0.0744. The number of benzene rings is 1. The van der Waals surface area contributed by atoms with Crippen LogP contribution in [0, 0.1) is 11.7 Å². The van der Waals surface area contributed by atoms with Crippen molar-refractivity contribution in [3.8, 4) is 0 Å². The fourth-order valence-electron chi connectivity index (χ4n) is 3.67. The summed E-state index contributed by atoms with van der Waals surface area (Å²) in [6.07, 6.45) is 4.47. The molecule has 1 aliphatic heterocycles. The first-order valence-corrected chi connectivity index (χ1v) is 10.2. The lowest BCUT2D eigenvalue weighted by molar-refractivity contribution is -0.126. The molecule has 2 heterocycles. The molecule has 152 valence electrons. The number of ether oxygens (including phenoxy) is 1. The molecule has 0 atom stereocenters. The molecule has 28 heavy (non-hydrogen) atoms. The SMILES string of the molecule is CC(C)OCCCNC(=O)C1CCN(Cc2ccc(F)c3cccnc23)CC1. The number of likely N-dealkylation sites (tertiary alicyclic amines) is 1. The standard InChI is InChI=1S/C22H30FN3O2/c1-16(2)28-14-4-11-25-22(27)17-8-12-26(13-9-17)15-18-6-7-20(23)19-5-3-10-24-21(18)19/h3,5-7,10,16-17H,4,8-9,11-15H2,1-2H3,(H,25,27). The first-order valence-electron chi connectivity index (χ1n) is 10.2. The Hall–Kier alpha value is -2.05. The summed E-state index contributed by atoms with van der Waals surface area (Å²) in [5, 5.41) is 3.60. The maximum atomic E-state index is 14.0. The van der Waals surface area contributed by atoms with Crippen LogP contribution in [0.4, 0.5) is 4.39 Å². The molecule has 1 aliphatic rings. The molecule has 6 heteroatoms. The third-order valence-corrected chi connectivity index (χ3v) is 5.22. The van der Waals surface area contributed by atoms with E-state index < -0.39 is 0 Å². The van der Waals surface area contributed by atoms with Crippen molar-refractivity contribution in [2.75, 3.05) is 26.2 Å². The zero-order valence-electron chi connectivity index (χ0n) is 16.8. The number of halogens is 1. The van der Waals surface area contributed by atoms with E-state index in [0.717, 1.165) is 50.0 Å². The summed E-state index contributed by atoms with van der Waals surface area (Å²) in [6.45, 7) is 7.82. The van der Waals surface area contributed by atoms with E-state index >= 15 is 0 Å². The van der Waals surface area contributed by atoms with Gasteiger partial charge >= 0.3 is 0 Å². The van der Waals surface area contributed by atoms with Crippen LogP contribution in [0.1, 0.15) is 38.7 Å². The van der Waals surface area contributed by atoms with E-state index in [1.807, 2.05) is 19.9 Å². The van der Waals surface area contributed by atoms with Crippen LogP contribution in [0.2, 0.25) is 0 Å². The fraction of sp³-hybridized carbons (Fsp3) is 0.545.